The molecule has 15 heavy (non-hydrogen) atoms. The van der Waals surface area contributed by atoms with Gasteiger partial charge in [-0.05, 0) is 20.8 Å². The van der Waals surface area contributed by atoms with Gasteiger partial charge in [0.25, 0.3) is 0 Å². The SMILES string of the molecule is CN(CC(CO)CO)C(=O)OC(C)(C)C. The van der Waals surface area contributed by atoms with Gasteiger partial charge in [0.2, 0.25) is 0 Å². The Labute approximate surface area is 90.6 Å². The van der Waals surface area contributed by atoms with Crippen molar-refractivity contribution in [2.45, 2.75) is 26.4 Å². The Bertz CT molecular complexity index is 196. The largest absolute Gasteiger partial charge is 0.444 e. The van der Waals surface area contributed by atoms with Crippen molar-refractivity contribution in [1.82, 2.24) is 4.90 Å². The van der Waals surface area contributed by atoms with Crippen LogP contribution in [0.5, 0.6) is 0 Å². The topological polar surface area (TPSA) is 70.0 Å². The van der Waals surface area contributed by atoms with Crippen LogP contribution in [-0.2, 0) is 4.74 Å². The van der Waals surface area contributed by atoms with Gasteiger partial charge in [-0.15, -0.1) is 0 Å². The Balaban J connectivity index is 4.09. The first-order valence-electron chi connectivity index (χ1n) is 4.96. The number of amides is 1. The number of hydrogen-bond donors (Lipinski definition) is 2. The van der Waals surface area contributed by atoms with E-state index in [4.69, 9.17) is 14.9 Å². The molecule has 0 aliphatic heterocycles. The molecule has 1 amide bonds. The van der Waals surface area contributed by atoms with Gasteiger partial charge in [-0.1, -0.05) is 0 Å². The Kier molecular flexibility index (Phi) is 5.60. The van der Waals surface area contributed by atoms with E-state index in [1.54, 1.807) is 27.8 Å². The molecule has 0 aromatic heterocycles. The Morgan fingerprint density at radius 3 is 2.13 bits per heavy atom. The van der Waals surface area contributed by atoms with Crippen molar-refractivity contribution >= 4 is 6.09 Å². The first-order valence-corrected chi connectivity index (χ1v) is 4.96. The minimum absolute atomic E-state index is 0.149. The second kappa shape index (κ2) is 5.92. The van der Waals surface area contributed by atoms with Crippen molar-refractivity contribution in [3.63, 3.8) is 0 Å². The van der Waals surface area contributed by atoms with E-state index < -0.39 is 11.7 Å². The summed E-state index contributed by atoms with van der Waals surface area (Å²) in [4.78, 5) is 12.8. The van der Waals surface area contributed by atoms with Gasteiger partial charge in [-0.3, -0.25) is 0 Å². The molecule has 0 fully saturated rings. The fourth-order valence-electron chi connectivity index (χ4n) is 0.975. The summed E-state index contributed by atoms with van der Waals surface area (Å²) < 4.78 is 5.11. The van der Waals surface area contributed by atoms with Gasteiger partial charge in [0.1, 0.15) is 5.60 Å². The van der Waals surface area contributed by atoms with Crippen molar-refractivity contribution in [2.75, 3.05) is 26.8 Å². The first-order chi connectivity index (χ1) is 6.80. The number of ether oxygens (including phenoxy) is 1. The van der Waals surface area contributed by atoms with Crippen LogP contribution in [0.1, 0.15) is 20.8 Å². The quantitative estimate of drug-likeness (QED) is 0.720. The molecule has 0 aliphatic carbocycles. The molecule has 0 radical (unpaired) electrons. The lowest BCUT2D eigenvalue weighted by Crippen LogP contribution is -2.38. The molecule has 5 heteroatoms. The molecule has 0 heterocycles. The molecule has 0 aliphatic rings. The highest BCUT2D eigenvalue weighted by atomic mass is 16.6. The molecule has 0 bridgehead atoms. The predicted octanol–water partition coefficient (Wildman–Crippen LogP) is 0.454. The number of aliphatic hydroxyl groups is 2. The lowest BCUT2D eigenvalue weighted by atomic mass is 10.1. The van der Waals surface area contributed by atoms with Crippen LogP contribution in [0.2, 0.25) is 0 Å². The van der Waals surface area contributed by atoms with E-state index in [1.165, 1.54) is 4.90 Å². The molecular weight excluding hydrogens is 198 g/mol. The van der Waals surface area contributed by atoms with Gasteiger partial charge < -0.3 is 19.8 Å². The average molecular weight is 219 g/mol. The zero-order chi connectivity index (χ0) is 12.1. The normalized spacial score (nSPS) is 11.7. The number of aliphatic hydroxyl groups excluding tert-OH is 2. The molecule has 0 aromatic rings. The molecule has 0 aromatic carbocycles. The van der Waals surface area contributed by atoms with Crippen LogP contribution < -0.4 is 0 Å². The van der Waals surface area contributed by atoms with E-state index in [9.17, 15) is 4.79 Å². The van der Waals surface area contributed by atoms with Crippen molar-refractivity contribution < 1.29 is 19.7 Å². The minimum Gasteiger partial charge on any atom is -0.444 e. The summed E-state index contributed by atoms with van der Waals surface area (Å²) in [5.41, 5.74) is -0.529. The standard InChI is InChI=1S/C10H21NO4/c1-10(2,3)15-9(14)11(4)5-8(6-12)7-13/h8,12-13H,5-7H2,1-4H3. The molecular formula is C10H21NO4. The summed E-state index contributed by atoms with van der Waals surface area (Å²) in [6.07, 6.45) is -0.450. The number of carbonyl (C=O) groups excluding carboxylic acids is 1. The lowest BCUT2D eigenvalue weighted by Gasteiger charge is -2.26. The molecule has 0 saturated heterocycles. The number of carbonyl (C=O) groups is 1. The lowest BCUT2D eigenvalue weighted by molar-refractivity contribution is 0.0227. The van der Waals surface area contributed by atoms with Crippen LogP contribution in [0.4, 0.5) is 4.79 Å². The molecule has 2 N–H and O–H groups in total. The Morgan fingerprint density at radius 1 is 1.33 bits per heavy atom. The molecule has 0 spiro atoms. The highest BCUT2D eigenvalue weighted by Gasteiger charge is 2.21. The van der Waals surface area contributed by atoms with Crippen molar-refractivity contribution in [2.24, 2.45) is 5.92 Å². The summed E-state index contributed by atoms with van der Waals surface area (Å²) in [6.45, 7) is 5.34. The summed E-state index contributed by atoms with van der Waals surface area (Å²) >= 11 is 0. The van der Waals surface area contributed by atoms with Crippen LogP contribution in [0.3, 0.4) is 0 Å². The van der Waals surface area contributed by atoms with Crippen LogP contribution in [0.25, 0.3) is 0 Å². The highest BCUT2D eigenvalue weighted by molar-refractivity contribution is 5.67. The average Bonchev–Trinajstić information content (AvgIpc) is 2.10. The minimum atomic E-state index is -0.529. The predicted molar refractivity (Wildman–Crippen MR) is 56.5 cm³/mol. The third-order valence-corrected chi connectivity index (χ3v) is 1.75. The third kappa shape index (κ3) is 6.30. The Hall–Kier alpha value is -0.810. The van der Waals surface area contributed by atoms with Crippen LogP contribution in [0.15, 0.2) is 0 Å². The van der Waals surface area contributed by atoms with E-state index in [-0.39, 0.29) is 25.7 Å². The third-order valence-electron chi connectivity index (χ3n) is 1.75. The second-order valence-electron chi connectivity index (χ2n) is 4.59. The fraction of sp³-hybridized carbons (Fsp3) is 0.900. The summed E-state index contributed by atoms with van der Waals surface area (Å²) in [7, 11) is 1.58. The van der Waals surface area contributed by atoms with E-state index >= 15 is 0 Å². The maximum atomic E-state index is 11.5. The molecule has 0 rings (SSSR count). The van der Waals surface area contributed by atoms with E-state index in [0.29, 0.717) is 0 Å². The molecule has 5 nitrogen and oxygen atoms in total. The monoisotopic (exact) mass is 219 g/mol. The van der Waals surface area contributed by atoms with E-state index in [0.717, 1.165) is 0 Å². The van der Waals surface area contributed by atoms with Gasteiger partial charge in [0.15, 0.2) is 0 Å². The maximum Gasteiger partial charge on any atom is 0.410 e. The van der Waals surface area contributed by atoms with E-state index in [1.807, 2.05) is 0 Å². The van der Waals surface area contributed by atoms with Crippen molar-refractivity contribution in [1.29, 1.82) is 0 Å². The number of hydrogen-bond acceptors (Lipinski definition) is 4. The molecule has 0 atom stereocenters. The number of rotatable bonds is 4. The second-order valence-corrected chi connectivity index (χ2v) is 4.59. The van der Waals surface area contributed by atoms with Gasteiger partial charge in [0.05, 0.1) is 0 Å². The van der Waals surface area contributed by atoms with Crippen molar-refractivity contribution in [3.05, 3.63) is 0 Å². The highest BCUT2D eigenvalue weighted by Crippen LogP contribution is 2.09. The van der Waals surface area contributed by atoms with Gasteiger partial charge >= 0.3 is 6.09 Å². The van der Waals surface area contributed by atoms with Gasteiger partial charge in [-0.25, -0.2) is 4.79 Å². The first kappa shape index (κ1) is 14.2. The summed E-state index contributed by atoms with van der Waals surface area (Å²) in [6, 6.07) is 0. The summed E-state index contributed by atoms with van der Waals surface area (Å²) in [5.74, 6) is -0.317. The van der Waals surface area contributed by atoms with Gasteiger partial charge in [-0.2, -0.15) is 0 Å². The summed E-state index contributed by atoms with van der Waals surface area (Å²) in [5, 5.41) is 17.7. The fourth-order valence-corrected chi connectivity index (χ4v) is 0.975. The van der Waals surface area contributed by atoms with Crippen LogP contribution in [0, 0.1) is 5.92 Å². The van der Waals surface area contributed by atoms with E-state index in [2.05, 4.69) is 0 Å². The van der Waals surface area contributed by atoms with Crippen LogP contribution >= 0.6 is 0 Å². The van der Waals surface area contributed by atoms with Crippen LogP contribution in [-0.4, -0.2) is 53.6 Å². The smallest absolute Gasteiger partial charge is 0.410 e. The Morgan fingerprint density at radius 2 is 1.80 bits per heavy atom. The molecule has 0 unspecified atom stereocenters. The molecule has 90 valence electrons. The zero-order valence-electron chi connectivity index (χ0n) is 9.86. The van der Waals surface area contributed by atoms with Gasteiger partial charge in [0, 0.05) is 32.7 Å². The number of nitrogens with zero attached hydrogens (tertiary/aromatic N) is 1. The van der Waals surface area contributed by atoms with Crippen molar-refractivity contribution in [3.8, 4) is 0 Å². The molecule has 0 saturated carbocycles. The maximum absolute atomic E-state index is 11.5. The zero-order valence-corrected chi connectivity index (χ0v) is 9.86.